The van der Waals surface area contributed by atoms with E-state index in [1.54, 1.807) is 28.6 Å². The summed E-state index contributed by atoms with van der Waals surface area (Å²) in [4.78, 5) is 0. The largest absolute Gasteiger partial charge is 0.394 e. The molecule has 1 aromatic heterocycles. The molecule has 0 radical (unpaired) electrons. The van der Waals surface area contributed by atoms with E-state index >= 15 is 0 Å². The number of nitrogens with zero attached hydrogens (tertiary/aromatic N) is 2. The Morgan fingerprint density at radius 3 is 3.00 bits per heavy atom. The van der Waals surface area contributed by atoms with E-state index in [0.29, 0.717) is 6.04 Å². The Morgan fingerprint density at radius 1 is 1.56 bits per heavy atom. The van der Waals surface area contributed by atoms with Gasteiger partial charge in [-0.1, -0.05) is 29.5 Å². The van der Waals surface area contributed by atoms with Crippen molar-refractivity contribution in [3.8, 4) is 0 Å². The minimum atomic E-state index is -0.0887. The van der Waals surface area contributed by atoms with Crippen LogP contribution in [0.3, 0.4) is 0 Å². The predicted molar refractivity (Wildman–Crippen MR) is 76.1 cm³/mol. The highest BCUT2D eigenvalue weighted by atomic mass is 32.2. The lowest BCUT2D eigenvalue weighted by atomic mass is 9.96. The summed E-state index contributed by atoms with van der Waals surface area (Å²) in [6.45, 7) is 2.36. The van der Waals surface area contributed by atoms with E-state index < -0.39 is 0 Å². The number of aliphatic hydroxyl groups is 1. The Bertz CT molecular complexity index is 343. The molecular weight excluding hydrogens is 266 g/mol. The van der Waals surface area contributed by atoms with Gasteiger partial charge in [0.1, 0.15) is 5.51 Å². The van der Waals surface area contributed by atoms with E-state index in [2.05, 4.69) is 22.4 Å². The third-order valence-electron chi connectivity index (χ3n) is 3.17. The molecule has 0 aliphatic heterocycles. The van der Waals surface area contributed by atoms with E-state index in [9.17, 15) is 5.11 Å². The summed E-state index contributed by atoms with van der Waals surface area (Å²) in [7, 11) is 0. The lowest BCUT2D eigenvalue weighted by molar-refractivity contribution is 0.161. The molecule has 4 nitrogen and oxygen atoms in total. The first-order chi connectivity index (χ1) is 8.72. The number of nitrogens with one attached hydrogen (secondary N) is 1. The molecule has 1 fully saturated rings. The third-order valence-corrected chi connectivity index (χ3v) is 5.11. The van der Waals surface area contributed by atoms with E-state index in [-0.39, 0.29) is 12.1 Å². The molecule has 1 aromatic rings. The molecule has 2 rings (SSSR count). The monoisotopic (exact) mass is 287 g/mol. The molecule has 1 aliphatic carbocycles. The van der Waals surface area contributed by atoms with E-state index in [0.717, 1.165) is 29.4 Å². The van der Waals surface area contributed by atoms with Crippen LogP contribution in [-0.4, -0.2) is 39.2 Å². The normalized spacial score (nSPS) is 18.8. The fourth-order valence-corrected chi connectivity index (χ4v) is 3.48. The Hall–Kier alpha value is -0.170. The molecule has 0 saturated heterocycles. The zero-order valence-corrected chi connectivity index (χ0v) is 12.4. The molecule has 1 atom stereocenters. The molecule has 0 spiro atoms. The van der Waals surface area contributed by atoms with Gasteiger partial charge >= 0.3 is 0 Å². The standard InChI is InChI=1S/C12H21N3OS2/c1-12(8-16,14-10-4-5-10)6-2-3-7-17-11-15-13-9-18-11/h9-10,14,16H,2-8H2,1H3. The fourth-order valence-electron chi connectivity index (χ4n) is 1.92. The van der Waals surface area contributed by atoms with Crippen LogP contribution in [0.15, 0.2) is 9.85 Å². The first-order valence-corrected chi connectivity index (χ1v) is 8.36. The van der Waals surface area contributed by atoms with E-state index in [1.807, 2.05) is 0 Å². The van der Waals surface area contributed by atoms with Crippen LogP contribution >= 0.6 is 23.1 Å². The summed E-state index contributed by atoms with van der Waals surface area (Å²) in [5.41, 5.74) is 1.68. The molecule has 102 valence electrons. The molecule has 1 aliphatic rings. The maximum absolute atomic E-state index is 9.48. The lowest BCUT2D eigenvalue weighted by Crippen LogP contribution is -2.46. The van der Waals surface area contributed by atoms with Crippen molar-refractivity contribution >= 4 is 23.1 Å². The number of hydrogen-bond acceptors (Lipinski definition) is 6. The van der Waals surface area contributed by atoms with Gasteiger partial charge in [0, 0.05) is 17.3 Å². The second kappa shape index (κ2) is 6.84. The summed E-state index contributed by atoms with van der Waals surface area (Å²) in [6, 6.07) is 0.651. The summed E-state index contributed by atoms with van der Waals surface area (Å²) in [5, 5.41) is 20.9. The smallest absolute Gasteiger partial charge is 0.174 e. The van der Waals surface area contributed by atoms with Gasteiger partial charge in [0.2, 0.25) is 0 Å². The van der Waals surface area contributed by atoms with Crippen LogP contribution in [0.2, 0.25) is 0 Å². The summed E-state index contributed by atoms with van der Waals surface area (Å²) in [6.07, 6.45) is 5.87. The van der Waals surface area contributed by atoms with Crippen molar-refractivity contribution in [3.63, 3.8) is 0 Å². The molecule has 1 saturated carbocycles. The zero-order valence-electron chi connectivity index (χ0n) is 10.8. The number of aliphatic hydroxyl groups excluding tert-OH is 1. The third kappa shape index (κ3) is 4.84. The number of hydrogen-bond donors (Lipinski definition) is 2. The first kappa shape index (κ1) is 14.2. The molecule has 1 heterocycles. The highest BCUT2D eigenvalue weighted by Gasteiger charge is 2.31. The number of thioether (sulfide) groups is 1. The molecule has 0 bridgehead atoms. The second-order valence-electron chi connectivity index (χ2n) is 5.15. The van der Waals surface area contributed by atoms with Crippen LogP contribution < -0.4 is 5.32 Å². The molecule has 0 amide bonds. The highest BCUT2D eigenvalue weighted by molar-refractivity contribution is 8.00. The van der Waals surface area contributed by atoms with Gasteiger partial charge in [-0.3, -0.25) is 0 Å². The van der Waals surface area contributed by atoms with Gasteiger partial charge < -0.3 is 10.4 Å². The Balaban J connectivity index is 1.58. The van der Waals surface area contributed by atoms with Crippen LogP contribution in [0.5, 0.6) is 0 Å². The highest BCUT2D eigenvalue weighted by Crippen LogP contribution is 2.26. The summed E-state index contributed by atoms with van der Waals surface area (Å²) < 4.78 is 1.05. The molecular formula is C12H21N3OS2. The van der Waals surface area contributed by atoms with Crippen LogP contribution in [0, 0.1) is 0 Å². The van der Waals surface area contributed by atoms with E-state index in [4.69, 9.17) is 0 Å². The van der Waals surface area contributed by atoms with Crippen molar-refractivity contribution in [2.24, 2.45) is 0 Å². The first-order valence-electron chi connectivity index (χ1n) is 6.49. The van der Waals surface area contributed by atoms with Gasteiger partial charge in [0.05, 0.1) is 6.61 Å². The van der Waals surface area contributed by atoms with Gasteiger partial charge in [0.25, 0.3) is 0 Å². The minimum Gasteiger partial charge on any atom is -0.394 e. The molecule has 6 heteroatoms. The lowest BCUT2D eigenvalue weighted by Gasteiger charge is -2.29. The number of rotatable bonds is 9. The van der Waals surface area contributed by atoms with Crippen molar-refractivity contribution in [2.75, 3.05) is 12.4 Å². The van der Waals surface area contributed by atoms with Gasteiger partial charge in [-0.25, -0.2) is 0 Å². The average molecular weight is 287 g/mol. The average Bonchev–Trinajstić information content (AvgIpc) is 3.01. The summed E-state index contributed by atoms with van der Waals surface area (Å²) in [5.74, 6) is 1.08. The van der Waals surface area contributed by atoms with E-state index in [1.165, 1.54) is 12.8 Å². The zero-order chi connectivity index (χ0) is 12.8. The minimum absolute atomic E-state index is 0.0887. The van der Waals surface area contributed by atoms with Crippen LogP contribution in [0.4, 0.5) is 0 Å². The quantitative estimate of drug-likeness (QED) is 0.539. The van der Waals surface area contributed by atoms with Crippen LogP contribution in [0.1, 0.15) is 39.0 Å². The Morgan fingerprint density at radius 2 is 2.39 bits per heavy atom. The fraction of sp³-hybridized carbons (Fsp3) is 0.833. The molecule has 18 heavy (non-hydrogen) atoms. The van der Waals surface area contributed by atoms with Gasteiger partial charge in [0.15, 0.2) is 4.34 Å². The number of aromatic nitrogens is 2. The van der Waals surface area contributed by atoms with Crippen molar-refractivity contribution < 1.29 is 5.11 Å². The van der Waals surface area contributed by atoms with Crippen LogP contribution in [0.25, 0.3) is 0 Å². The number of unbranched alkanes of at least 4 members (excludes halogenated alkanes) is 1. The van der Waals surface area contributed by atoms with Gasteiger partial charge in [-0.15, -0.1) is 10.2 Å². The summed E-state index contributed by atoms with van der Waals surface area (Å²) >= 11 is 3.37. The predicted octanol–water partition coefficient (Wildman–Crippen LogP) is 2.30. The maximum Gasteiger partial charge on any atom is 0.174 e. The molecule has 1 unspecified atom stereocenters. The second-order valence-corrected chi connectivity index (χ2v) is 7.32. The van der Waals surface area contributed by atoms with Crippen LogP contribution in [-0.2, 0) is 0 Å². The van der Waals surface area contributed by atoms with Crippen molar-refractivity contribution in [2.45, 2.75) is 54.9 Å². The molecule has 0 aromatic carbocycles. The Kier molecular flexibility index (Phi) is 5.41. The van der Waals surface area contributed by atoms with Crippen molar-refractivity contribution in [1.82, 2.24) is 15.5 Å². The van der Waals surface area contributed by atoms with Crippen molar-refractivity contribution in [1.29, 1.82) is 0 Å². The van der Waals surface area contributed by atoms with Gasteiger partial charge in [-0.05, 0) is 32.6 Å². The Labute approximate surface area is 117 Å². The SMILES string of the molecule is CC(CO)(CCCCSc1nncs1)NC1CC1. The van der Waals surface area contributed by atoms with Crippen molar-refractivity contribution in [3.05, 3.63) is 5.51 Å². The maximum atomic E-state index is 9.48. The topological polar surface area (TPSA) is 58.0 Å². The van der Waals surface area contributed by atoms with Gasteiger partial charge in [-0.2, -0.15) is 0 Å². The molecule has 2 N–H and O–H groups in total.